The molecule has 0 bridgehead atoms. The molecule has 120 valence electrons. The number of halogens is 2. The minimum absolute atomic E-state index is 0.0797. The number of nitrogens with one attached hydrogen (secondary N) is 1. The standard InChI is InChI=1S/C17H22ClFN2O/c1-4-12(3)8-15(5-2)22-11-13(20)10-21-14-6-7-17(19)16(18)9-14/h4-9,13,21H,1,10-11,20H2,2-3H3/b12-8-,15-5+. The van der Waals surface area contributed by atoms with Crippen molar-refractivity contribution in [1.29, 1.82) is 0 Å². The summed E-state index contributed by atoms with van der Waals surface area (Å²) in [5.41, 5.74) is 7.73. The van der Waals surface area contributed by atoms with Gasteiger partial charge in [0.25, 0.3) is 0 Å². The Labute approximate surface area is 136 Å². The molecule has 22 heavy (non-hydrogen) atoms. The summed E-state index contributed by atoms with van der Waals surface area (Å²) < 4.78 is 18.7. The molecule has 5 heteroatoms. The smallest absolute Gasteiger partial charge is 0.141 e. The molecule has 0 saturated carbocycles. The summed E-state index contributed by atoms with van der Waals surface area (Å²) in [6, 6.07) is 4.24. The molecule has 0 saturated heterocycles. The summed E-state index contributed by atoms with van der Waals surface area (Å²) >= 11 is 5.72. The number of hydrogen-bond donors (Lipinski definition) is 2. The van der Waals surface area contributed by atoms with Gasteiger partial charge in [-0.15, -0.1) is 0 Å². The molecule has 1 rings (SSSR count). The van der Waals surface area contributed by atoms with E-state index in [1.165, 1.54) is 12.1 Å². The van der Waals surface area contributed by atoms with Crippen molar-refractivity contribution in [3.8, 4) is 0 Å². The molecule has 0 fully saturated rings. The highest BCUT2D eigenvalue weighted by atomic mass is 35.5. The van der Waals surface area contributed by atoms with E-state index in [2.05, 4.69) is 11.9 Å². The molecular formula is C17H22ClFN2O. The summed E-state index contributed by atoms with van der Waals surface area (Å²) in [5.74, 6) is 0.305. The third-order valence-corrected chi connectivity index (χ3v) is 3.22. The molecule has 0 radical (unpaired) electrons. The Morgan fingerprint density at radius 3 is 2.86 bits per heavy atom. The van der Waals surface area contributed by atoms with E-state index in [9.17, 15) is 4.39 Å². The molecule has 3 nitrogen and oxygen atoms in total. The molecule has 0 aliphatic carbocycles. The molecule has 1 aromatic carbocycles. The first kappa shape index (κ1) is 18.3. The van der Waals surface area contributed by atoms with Gasteiger partial charge in [0.1, 0.15) is 18.2 Å². The van der Waals surface area contributed by atoms with Gasteiger partial charge in [-0.2, -0.15) is 0 Å². The van der Waals surface area contributed by atoms with Crippen LogP contribution in [0.5, 0.6) is 0 Å². The second kappa shape index (κ2) is 9.28. The van der Waals surface area contributed by atoms with Crippen LogP contribution in [-0.4, -0.2) is 19.2 Å². The van der Waals surface area contributed by atoms with Crippen molar-refractivity contribution in [2.45, 2.75) is 19.9 Å². The van der Waals surface area contributed by atoms with Crippen LogP contribution in [0.4, 0.5) is 10.1 Å². The Morgan fingerprint density at radius 2 is 2.27 bits per heavy atom. The Morgan fingerprint density at radius 1 is 1.55 bits per heavy atom. The van der Waals surface area contributed by atoms with Crippen molar-refractivity contribution in [1.82, 2.24) is 0 Å². The Balaban J connectivity index is 2.44. The number of ether oxygens (including phenoxy) is 1. The first-order valence-electron chi connectivity index (χ1n) is 7.00. The maximum atomic E-state index is 13.1. The largest absolute Gasteiger partial charge is 0.492 e. The lowest BCUT2D eigenvalue weighted by atomic mass is 10.2. The fourth-order valence-corrected chi connectivity index (χ4v) is 1.79. The van der Waals surface area contributed by atoms with Crippen molar-refractivity contribution in [2.24, 2.45) is 5.73 Å². The summed E-state index contributed by atoms with van der Waals surface area (Å²) in [6.07, 6.45) is 5.52. The second-order valence-corrected chi connectivity index (χ2v) is 5.27. The SMILES string of the molecule is C=C/C(C)=C\C(=C/C)OCC(N)CNc1ccc(F)c(Cl)c1. The number of benzene rings is 1. The van der Waals surface area contributed by atoms with E-state index in [1.54, 1.807) is 12.1 Å². The van der Waals surface area contributed by atoms with Gasteiger partial charge in [0.15, 0.2) is 0 Å². The van der Waals surface area contributed by atoms with Crippen LogP contribution in [0.15, 0.2) is 54.3 Å². The predicted octanol–water partition coefficient (Wildman–Crippen LogP) is 4.27. The summed E-state index contributed by atoms with van der Waals surface area (Å²) in [7, 11) is 0. The van der Waals surface area contributed by atoms with E-state index in [0.29, 0.717) is 13.2 Å². The molecule has 1 atom stereocenters. The molecular weight excluding hydrogens is 303 g/mol. The van der Waals surface area contributed by atoms with Crippen molar-refractivity contribution in [3.63, 3.8) is 0 Å². The molecule has 0 amide bonds. The number of nitrogens with two attached hydrogens (primary N) is 1. The van der Waals surface area contributed by atoms with Gasteiger partial charge < -0.3 is 15.8 Å². The Bertz CT molecular complexity index is 570. The van der Waals surface area contributed by atoms with Gasteiger partial charge in [0.05, 0.1) is 11.1 Å². The van der Waals surface area contributed by atoms with E-state index in [0.717, 1.165) is 17.0 Å². The number of hydrogen-bond acceptors (Lipinski definition) is 3. The zero-order chi connectivity index (χ0) is 16.5. The summed E-state index contributed by atoms with van der Waals surface area (Å²) in [5, 5.41) is 3.18. The molecule has 0 aromatic heterocycles. The lowest BCUT2D eigenvalue weighted by molar-refractivity contribution is 0.207. The molecule has 0 aliphatic rings. The first-order valence-corrected chi connectivity index (χ1v) is 7.38. The maximum absolute atomic E-state index is 13.1. The average Bonchev–Trinajstić information content (AvgIpc) is 2.52. The van der Waals surface area contributed by atoms with E-state index in [1.807, 2.05) is 26.0 Å². The van der Waals surface area contributed by atoms with Crippen LogP contribution in [0.2, 0.25) is 5.02 Å². The minimum Gasteiger partial charge on any atom is -0.492 e. The molecule has 0 heterocycles. The van der Waals surface area contributed by atoms with Gasteiger partial charge in [-0.3, -0.25) is 0 Å². The third kappa shape index (κ3) is 6.33. The molecule has 0 spiro atoms. The van der Waals surface area contributed by atoms with Gasteiger partial charge in [-0.05, 0) is 49.8 Å². The first-order chi connectivity index (χ1) is 10.5. The minimum atomic E-state index is -0.443. The van der Waals surface area contributed by atoms with Crippen LogP contribution in [0, 0.1) is 5.82 Å². The van der Waals surface area contributed by atoms with Crippen LogP contribution >= 0.6 is 11.6 Å². The lowest BCUT2D eigenvalue weighted by Gasteiger charge is -2.15. The van der Waals surface area contributed by atoms with Crippen molar-refractivity contribution in [3.05, 3.63) is 65.2 Å². The number of anilines is 1. The van der Waals surface area contributed by atoms with Crippen LogP contribution < -0.4 is 11.1 Å². The highest BCUT2D eigenvalue weighted by Crippen LogP contribution is 2.19. The van der Waals surface area contributed by atoms with Gasteiger partial charge in [-0.25, -0.2) is 4.39 Å². The monoisotopic (exact) mass is 324 g/mol. The quantitative estimate of drug-likeness (QED) is 0.554. The fourth-order valence-electron chi connectivity index (χ4n) is 1.61. The van der Waals surface area contributed by atoms with Gasteiger partial charge in [0.2, 0.25) is 0 Å². The fraction of sp³-hybridized carbons (Fsp3) is 0.294. The second-order valence-electron chi connectivity index (χ2n) is 4.86. The zero-order valence-electron chi connectivity index (χ0n) is 12.9. The van der Waals surface area contributed by atoms with Crippen LogP contribution in [0.3, 0.4) is 0 Å². The molecule has 3 N–H and O–H groups in total. The van der Waals surface area contributed by atoms with E-state index in [4.69, 9.17) is 22.1 Å². The number of rotatable bonds is 8. The summed E-state index contributed by atoms with van der Waals surface area (Å²) in [6.45, 7) is 8.39. The van der Waals surface area contributed by atoms with Crippen molar-refractivity contribution in [2.75, 3.05) is 18.5 Å². The van der Waals surface area contributed by atoms with Crippen LogP contribution in [-0.2, 0) is 4.74 Å². The highest BCUT2D eigenvalue weighted by molar-refractivity contribution is 6.31. The van der Waals surface area contributed by atoms with E-state index in [-0.39, 0.29) is 11.1 Å². The topological polar surface area (TPSA) is 47.3 Å². The number of allylic oxidation sites excluding steroid dienone is 4. The maximum Gasteiger partial charge on any atom is 0.141 e. The van der Waals surface area contributed by atoms with Gasteiger partial charge in [-0.1, -0.05) is 24.3 Å². The highest BCUT2D eigenvalue weighted by Gasteiger charge is 2.06. The van der Waals surface area contributed by atoms with Crippen molar-refractivity contribution >= 4 is 17.3 Å². The molecule has 1 unspecified atom stereocenters. The van der Waals surface area contributed by atoms with Crippen molar-refractivity contribution < 1.29 is 9.13 Å². The van der Waals surface area contributed by atoms with Gasteiger partial charge in [0, 0.05) is 12.2 Å². The zero-order valence-corrected chi connectivity index (χ0v) is 13.7. The lowest BCUT2D eigenvalue weighted by Crippen LogP contribution is -2.33. The molecule has 1 aromatic rings. The Hall–Kier alpha value is -1.78. The predicted molar refractivity (Wildman–Crippen MR) is 91.5 cm³/mol. The normalized spacial score (nSPS) is 13.7. The van der Waals surface area contributed by atoms with E-state index < -0.39 is 5.82 Å². The van der Waals surface area contributed by atoms with E-state index >= 15 is 0 Å². The average molecular weight is 325 g/mol. The Kier molecular flexibility index (Phi) is 7.71. The van der Waals surface area contributed by atoms with Crippen LogP contribution in [0.1, 0.15) is 13.8 Å². The third-order valence-electron chi connectivity index (χ3n) is 2.93. The van der Waals surface area contributed by atoms with Crippen LogP contribution in [0.25, 0.3) is 0 Å². The molecule has 0 aliphatic heterocycles. The summed E-state index contributed by atoms with van der Waals surface area (Å²) in [4.78, 5) is 0. The van der Waals surface area contributed by atoms with Gasteiger partial charge >= 0.3 is 0 Å².